The summed E-state index contributed by atoms with van der Waals surface area (Å²) >= 11 is 1.78. The highest BCUT2D eigenvalue weighted by Gasteiger charge is 2.40. The summed E-state index contributed by atoms with van der Waals surface area (Å²) in [5.41, 5.74) is 2.04. The lowest BCUT2D eigenvalue weighted by atomic mass is 10.0. The molecule has 2 aliphatic heterocycles. The average Bonchev–Trinajstić information content (AvgIpc) is 2.77. The van der Waals surface area contributed by atoms with Gasteiger partial charge in [0.1, 0.15) is 5.82 Å². The predicted molar refractivity (Wildman–Crippen MR) is 127 cm³/mol. The number of piperazine rings is 1. The second-order valence-electron chi connectivity index (χ2n) is 8.34. The highest BCUT2D eigenvalue weighted by molar-refractivity contribution is 8.01. The first-order chi connectivity index (χ1) is 15.0. The number of sulfone groups is 1. The van der Waals surface area contributed by atoms with Gasteiger partial charge in [-0.15, -0.1) is 0 Å². The molecule has 2 unspecified atom stereocenters. The van der Waals surface area contributed by atoms with Crippen LogP contribution in [-0.2, 0) is 16.3 Å². The lowest BCUT2D eigenvalue weighted by Crippen LogP contribution is -2.47. The van der Waals surface area contributed by atoms with E-state index in [1.54, 1.807) is 17.8 Å². The number of benzene rings is 2. The largest absolute Gasteiger partial charge is 0.369 e. The number of thioether (sulfide) groups is 1. The van der Waals surface area contributed by atoms with E-state index in [-0.39, 0.29) is 16.3 Å². The van der Waals surface area contributed by atoms with E-state index in [1.807, 2.05) is 30.3 Å². The van der Waals surface area contributed by atoms with Crippen LogP contribution in [0.4, 0.5) is 10.1 Å². The fourth-order valence-electron chi connectivity index (χ4n) is 4.78. The van der Waals surface area contributed by atoms with E-state index in [9.17, 15) is 12.8 Å². The Morgan fingerprint density at radius 2 is 1.74 bits per heavy atom. The smallest absolute Gasteiger partial charge is 0.182 e. The topological polar surface area (TPSA) is 40.6 Å². The number of anilines is 1. The van der Waals surface area contributed by atoms with E-state index in [2.05, 4.69) is 16.7 Å². The van der Waals surface area contributed by atoms with Gasteiger partial charge in [0, 0.05) is 37.1 Å². The zero-order chi connectivity index (χ0) is 21.8. The maximum atomic E-state index is 13.3. The summed E-state index contributed by atoms with van der Waals surface area (Å²) in [6, 6.07) is 14.2. The quantitative estimate of drug-likeness (QED) is 0.615. The fraction of sp³-hybridized carbons (Fsp3) is 0.500. The molecule has 7 heteroatoms. The summed E-state index contributed by atoms with van der Waals surface area (Å²) in [4.78, 5) is 5.25. The average molecular weight is 463 g/mol. The third kappa shape index (κ3) is 5.10. The first kappa shape index (κ1) is 22.6. The van der Waals surface area contributed by atoms with Crippen molar-refractivity contribution in [3.05, 3.63) is 59.9 Å². The Morgan fingerprint density at radius 1 is 1.03 bits per heavy atom. The molecule has 0 saturated carbocycles. The molecule has 0 aromatic heterocycles. The fourth-order valence-corrected chi connectivity index (χ4v) is 8.62. The normalized spacial score (nSPS) is 23.5. The number of hydrogen-bond donors (Lipinski definition) is 0. The van der Waals surface area contributed by atoms with E-state index in [4.69, 9.17) is 0 Å². The molecular weight excluding hydrogens is 431 g/mol. The van der Waals surface area contributed by atoms with Crippen molar-refractivity contribution in [3.8, 4) is 0 Å². The number of halogens is 1. The highest BCUT2D eigenvalue weighted by atomic mass is 32.2. The summed E-state index contributed by atoms with van der Waals surface area (Å²) in [5, 5.41) is -0.159. The minimum Gasteiger partial charge on any atom is -0.369 e. The van der Waals surface area contributed by atoms with Crippen LogP contribution >= 0.6 is 11.8 Å². The molecule has 2 aromatic rings. The Hall–Kier alpha value is -1.57. The van der Waals surface area contributed by atoms with Crippen molar-refractivity contribution in [2.75, 3.05) is 43.4 Å². The van der Waals surface area contributed by atoms with Gasteiger partial charge in [-0.25, -0.2) is 12.8 Å². The lowest BCUT2D eigenvalue weighted by molar-refractivity contribution is 0.252. The van der Waals surface area contributed by atoms with Crippen LogP contribution < -0.4 is 4.90 Å². The number of nitrogens with zero attached hydrogens (tertiary/aromatic N) is 2. The van der Waals surface area contributed by atoms with Gasteiger partial charge in [0.2, 0.25) is 0 Å². The molecule has 2 aromatic carbocycles. The Bertz CT molecular complexity index is 973. The Balaban J connectivity index is 1.33. The van der Waals surface area contributed by atoms with Crippen molar-refractivity contribution >= 4 is 27.3 Å². The van der Waals surface area contributed by atoms with E-state index < -0.39 is 9.84 Å². The van der Waals surface area contributed by atoms with Crippen molar-refractivity contribution in [1.82, 2.24) is 4.90 Å². The zero-order valence-corrected chi connectivity index (χ0v) is 19.7. The SMILES string of the molecule is CCSC1Cc2ccccc2S(=O)(=O)C1CCCN1CCN(c2ccc(F)cc2)CC1. The minimum absolute atomic E-state index is 0.139. The second-order valence-corrected chi connectivity index (χ2v) is 12.0. The first-order valence-corrected chi connectivity index (χ1v) is 13.7. The van der Waals surface area contributed by atoms with Gasteiger partial charge >= 0.3 is 0 Å². The van der Waals surface area contributed by atoms with Gasteiger partial charge in [0.15, 0.2) is 9.84 Å². The van der Waals surface area contributed by atoms with Crippen LogP contribution in [0.5, 0.6) is 0 Å². The third-order valence-electron chi connectivity index (χ3n) is 6.42. The maximum Gasteiger partial charge on any atom is 0.182 e. The van der Waals surface area contributed by atoms with Crippen LogP contribution in [0.15, 0.2) is 53.4 Å². The Morgan fingerprint density at radius 3 is 2.45 bits per heavy atom. The van der Waals surface area contributed by atoms with Gasteiger partial charge in [-0.05, 0) is 67.5 Å². The Kier molecular flexibility index (Phi) is 7.24. The summed E-state index contributed by atoms with van der Waals surface area (Å²) < 4.78 is 39.8. The molecule has 0 N–H and O–H groups in total. The molecule has 31 heavy (non-hydrogen) atoms. The van der Waals surface area contributed by atoms with E-state index in [0.29, 0.717) is 11.3 Å². The van der Waals surface area contributed by atoms with Crippen molar-refractivity contribution in [3.63, 3.8) is 0 Å². The van der Waals surface area contributed by atoms with Crippen molar-refractivity contribution in [1.29, 1.82) is 0 Å². The molecule has 0 radical (unpaired) electrons. The molecule has 1 fully saturated rings. The second kappa shape index (κ2) is 9.92. The first-order valence-electron chi connectivity index (χ1n) is 11.2. The van der Waals surface area contributed by atoms with Gasteiger partial charge in [-0.1, -0.05) is 25.1 Å². The molecule has 2 aliphatic rings. The minimum atomic E-state index is -3.28. The van der Waals surface area contributed by atoms with Crippen LogP contribution in [0.2, 0.25) is 0 Å². The standard InChI is InChI=1S/C24H31FN2O2S2/c1-2-30-22-18-19-6-3-4-7-23(19)31(28,29)24(22)8-5-13-26-14-16-27(17-15-26)21-11-9-20(25)10-12-21/h3-4,6-7,9-12,22,24H,2,5,8,13-18H2,1H3. The molecule has 2 heterocycles. The third-order valence-corrected chi connectivity index (χ3v) is 10.2. The zero-order valence-electron chi connectivity index (χ0n) is 18.0. The summed E-state index contributed by atoms with van der Waals surface area (Å²) in [6.45, 7) is 6.75. The van der Waals surface area contributed by atoms with Crippen LogP contribution in [0.25, 0.3) is 0 Å². The monoisotopic (exact) mass is 462 g/mol. The van der Waals surface area contributed by atoms with E-state index in [1.165, 1.54) is 12.1 Å². The van der Waals surface area contributed by atoms with Crippen LogP contribution in [0, 0.1) is 5.82 Å². The molecule has 4 nitrogen and oxygen atoms in total. The van der Waals surface area contributed by atoms with E-state index >= 15 is 0 Å². The van der Waals surface area contributed by atoms with Gasteiger partial charge < -0.3 is 4.90 Å². The van der Waals surface area contributed by atoms with E-state index in [0.717, 1.165) is 62.6 Å². The summed E-state index contributed by atoms with van der Waals surface area (Å²) in [7, 11) is -3.28. The number of hydrogen-bond acceptors (Lipinski definition) is 5. The molecule has 2 atom stereocenters. The van der Waals surface area contributed by atoms with Gasteiger partial charge in [0.05, 0.1) is 10.1 Å². The Labute approximate surface area is 189 Å². The number of rotatable bonds is 7. The lowest BCUT2D eigenvalue weighted by Gasteiger charge is -2.37. The van der Waals surface area contributed by atoms with Gasteiger partial charge in [-0.3, -0.25) is 4.90 Å². The van der Waals surface area contributed by atoms with Crippen LogP contribution in [0.1, 0.15) is 25.3 Å². The summed E-state index contributed by atoms with van der Waals surface area (Å²) in [5.74, 6) is 0.728. The van der Waals surface area contributed by atoms with Crippen molar-refractivity contribution < 1.29 is 12.8 Å². The van der Waals surface area contributed by atoms with Crippen LogP contribution in [0.3, 0.4) is 0 Å². The van der Waals surface area contributed by atoms with Crippen molar-refractivity contribution in [2.45, 2.75) is 41.6 Å². The molecule has 4 rings (SSSR count). The van der Waals surface area contributed by atoms with Gasteiger partial charge in [-0.2, -0.15) is 11.8 Å². The highest BCUT2D eigenvalue weighted by Crippen LogP contribution is 2.37. The maximum absolute atomic E-state index is 13.3. The molecule has 1 saturated heterocycles. The van der Waals surface area contributed by atoms with Crippen LogP contribution in [-0.4, -0.2) is 62.3 Å². The molecule has 0 spiro atoms. The summed E-state index contributed by atoms with van der Waals surface area (Å²) in [6.07, 6.45) is 2.45. The molecule has 0 amide bonds. The number of fused-ring (bicyclic) bond motifs is 1. The van der Waals surface area contributed by atoms with Gasteiger partial charge in [0.25, 0.3) is 0 Å². The molecule has 0 aliphatic carbocycles. The molecule has 0 bridgehead atoms. The molecular formula is C24H31FN2O2S2. The predicted octanol–water partition coefficient (Wildman–Crippen LogP) is 4.25. The molecule has 168 valence electrons. The van der Waals surface area contributed by atoms with Crippen molar-refractivity contribution in [2.24, 2.45) is 0 Å².